The first-order valence-electron chi connectivity index (χ1n) is 6.74. The van der Waals surface area contributed by atoms with Crippen LogP contribution in [0.25, 0.3) is 0 Å². The third kappa shape index (κ3) is 3.41. The number of hydrogen-bond donors (Lipinski definition) is 2. The van der Waals surface area contributed by atoms with E-state index >= 15 is 0 Å². The SMILES string of the molecule is CC(=O)N(C)c1ccc(NC(=O)c2ccc(C)[nH]c2=O)cc1. The van der Waals surface area contributed by atoms with Gasteiger partial charge in [0.2, 0.25) is 5.91 Å². The van der Waals surface area contributed by atoms with E-state index in [1.54, 1.807) is 44.3 Å². The molecule has 0 aliphatic rings. The first-order valence-corrected chi connectivity index (χ1v) is 6.74. The van der Waals surface area contributed by atoms with Crippen molar-refractivity contribution >= 4 is 23.2 Å². The Balaban J connectivity index is 2.15. The van der Waals surface area contributed by atoms with Crippen molar-refractivity contribution in [3.63, 3.8) is 0 Å². The molecule has 1 aromatic carbocycles. The molecule has 1 aromatic heterocycles. The van der Waals surface area contributed by atoms with E-state index in [1.807, 2.05) is 0 Å². The van der Waals surface area contributed by atoms with E-state index in [0.29, 0.717) is 11.4 Å². The van der Waals surface area contributed by atoms with Crippen molar-refractivity contribution in [1.82, 2.24) is 4.98 Å². The highest BCUT2D eigenvalue weighted by molar-refractivity contribution is 6.04. The first-order chi connectivity index (χ1) is 10.4. The zero-order valence-electron chi connectivity index (χ0n) is 12.6. The van der Waals surface area contributed by atoms with Crippen LogP contribution in [0, 0.1) is 6.92 Å². The van der Waals surface area contributed by atoms with Gasteiger partial charge in [-0.05, 0) is 43.3 Å². The van der Waals surface area contributed by atoms with Crippen molar-refractivity contribution in [1.29, 1.82) is 0 Å². The number of aryl methyl sites for hydroxylation is 1. The summed E-state index contributed by atoms with van der Waals surface area (Å²) in [6, 6.07) is 9.94. The maximum Gasteiger partial charge on any atom is 0.261 e. The van der Waals surface area contributed by atoms with Gasteiger partial charge in [0, 0.05) is 31.0 Å². The third-order valence-corrected chi connectivity index (χ3v) is 3.28. The number of aromatic amines is 1. The molecule has 0 fully saturated rings. The van der Waals surface area contributed by atoms with Gasteiger partial charge in [0.1, 0.15) is 5.56 Å². The van der Waals surface area contributed by atoms with Crippen LogP contribution in [0.2, 0.25) is 0 Å². The molecule has 0 atom stereocenters. The lowest BCUT2D eigenvalue weighted by atomic mass is 10.2. The molecular weight excluding hydrogens is 282 g/mol. The summed E-state index contributed by atoms with van der Waals surface area (Å²) in [5, 5.41) is 2.65. The average Bonchev–Trinajstić information content (AvgIpc) is 2.47. The fourth-order valence-electron chi connectivity index (χ4n) is 1.90. The van der Waals surface area contributed by atoms with Crippen LogP contribution in [0.1, 0.15) is 23.0 Å². The largest absolute Gasteiger partial charge is 0.326 e. The van der Waals surface area contributed by atoms with Crippen LogP contribution in [-0.2, 0) is 4.79 Å². The summed E-state index contributed by atoms with van der Waals surface area (Å²) < 4.78 is 0. The van der Waals surface area contributed by atoms with E-state index in [1.165, 1.54) is 17.9 Å². The highest BCUT2D eigenvalue weighted by Gasteiger charge is 2.11. The predicted molar refractivity (Wildman–Crippen MR) is 85.3 cm³/mol. The second-order valence-corrected chi connectivity index (χ2v) is 4.96. The number of nitrogens with one attached hydrogen (secondary N) is 2. The lowest BCUT2D eigenvalue weighted by Gasteiger charge is -2.15. The van der Waals surface area contributed by atoms with Crippen LogP contribution in [0.3, 0.4) is 0 Å². The van der Waals surface area contributed by atoms with Crippen molar-refractivity contribution in [2.24, 2.45) is 0 Å². The summed E-state index contributed by atoms with van der Waals surface area (Å²) in [6.07, 6.45) is 0. The molecule has 0 saturated carbocycles. The molecule has 2 rings (SSSR count). The van der Waals surface area contributed by atoms with Crippen LogP contribution in [0.15, 0.2) is 41.2 Å². The quantitative estimate of drug-likeness (QED) is 0.908. The standard InChI is InChI=1S/C16H17N3O3/c1-10-4-9-14(15(21)17-10)16(22)18-12-5-7-13(8-6-12)19(3)11(2)20/h4-9H,1-3H3,(H,17,21)(H,18,22). The molecule has 0 unspecified atom stereocenters. The molecule has 2 aromatic rings. The fourth-order valence-corrected chi connectivity index (χ4v) is 1.90. The molecule has 6 nitrogen and oxygen atoms in total. The molecule has 0 radical (unpaired) electrons. The summed E-state index contributed by atoms with van der Waals surface area (Å²) in [5.74, 6) is -0.558. The number of anilines is 2. The molecule has 0 spiro atoms. The van der Waals surface area contributed by atoms with Gasteiger partial charge in [-0.15, -0.1) is 0 Å². The Hall–Kier alpha value is -2.89. The minimum atomic E-state index is -0.478. The van der Waals surface area contributed by atoms with E-state index in [0.717, 1.165) is 5.69 Å². The molecular formula is C16H17N3O3. The second kappa shape index (κ2) is 6.26. The Bertz CT molecular complexity index is 763. The Morgan fingerprint density at radius 2 is 1.73 bits per heavy atom. The number of nitrogens with zero attached hydrogens (tertiary/aromatic N) is 1. The summed E-state index contributed by atoms with van der Waals surface area (Å²) in [6.45, 7) is 3.21. The zero-order chi connectivity index (χ0) is 16.3. The molecule has 6 heteroatoms. The van der Waals surface area contributed by atoms with Gasteiger partial charge in [0.25, 0.3) is 11.5 Å². The van der Waals surface area contributed by atoms with Crippen LogP contribution >= 0.6 is 0 Å². The van der Waals surface area contributed by atoms with Gasteiger partial charge in [-0.2, -0.15) is 0 Å². The number of carbonyl (C=O) groups excluding carboxylic acids is 2. The highest BCUT2D eigenvalue weighted by atomic mass is 16.2. The topological polar surface area (TPSA) is 82.3 Å². The summed E-state index contributed by atoms with van der Waals surface area (Å²) in [7, 11) is 1.67. The highest BCUT2D eigenvalue weighted by Crippen LogP contribution is 2.17. The third-order valence-electron chi connectivity index (χ3n) is 3.28. The Labute approximate surface area is 127 Å². The molecule has 2 amide bonds. The maximum absolute atomic E-state index is 12.1. The summed E-state index contributed by atoms with van der Waals surface area (Å²) in [5.41, 5.74) is 1.59. The van der Waals surface area contributed by atoms with Gasteiger partial charge in [0.05, 0.1) is 0 Å². The lowest BCUT2D eigenvalue weighted by molar-refractivity contribution is -0.116. The Kier molecular flexibility index (Phi) is 4.41. The van der Waals surface area contributed by atoms with Crippen molar-refractivity contribution in [2.75, 3.05) is 17.3 Å². The summed E-state index contributed by atoms with van der Waals surface area (Å²) in [4.78, 5) is 39.2. The summed E-state index contributed by atoms with van der Waals surface area (Å²) >= 11 is 0. The number of rotatable bonds is 3. The second-order valence-electron chi connectivity index (χ2n) is 4.96. The molecule has 2 N–H and O–H groups in total. The van der Waals surface area contributed by atoms with Crippen LogP contribution in [0.5, 0.6) is 0 Å². The average molecular weight is 299 g/mol. The molecule has 0 aliphatic heterocycles. The van der Waals surface area contributed by atoms with Gasteiger partial charge >= 0.3 is 0 Å². The maximum atomic E-state index is 12.1. The molecule has 22 heavy (non-hydrogen) atoms. The van der Waals surface area contributed by atoms with Crippen molar-refractivity contribution in [2.45, 2.75) is 13.8 Å². The van der Waals surface area contributed by atoms with E-state index in [2.05, 4.69) is 10.3 Å². The molecule has 0 bridgehead atoms. The molecule has 1 heterocycles. The monoisotopic (exact) mass is 299 g/mol. The van der Waals surface area contributed by atoms with Gasteiger partial charge in [-0.25, -0.2) is 0 Å². The number of aromatic nitrogens is 1. The first kappa shape index (κ1) is 15.5. The molecule has 0 aliphatic carbocycles. The Morgan fingerprint density at radius 3 is 2.27 bits per heavy atom. The normalized spacial score (nSPS) is 10.1. The van der Waals surface area contributed by atoms with E-state index in [-0.39, 0.29) is 11.5 Å². The van der Waals surface area contributed by atoms with Gasteiger partial charge < -0.3 is 15.2 Å². The van der Waals surface area contributed by atoms with Crippen LogP contribution < -0.4 is 15.8 Å². The van der Waals surface area contributed by atoms with E-state index in [4.69, 9.17) is 0 Å². The van der Waals surface area contributed by atoms with E-state index < -0.39 is 11.5 Å². The van der Waals surface area contributed by atoms with E-state index in [9.17, 15) is 14.4 Å². The molecule has 114 valence electrons. The van der Waals surface area contributed by atoms with Crippen molar-refractivity contribution < 1.29 is 9.59 Å². The zero-order valence-corrected chi connectivity index (χ0v) is 12.6. The van der Waals surface area contributed by atoms with Crippen LogP contribution in [-0.4, -0.2) is 23.8 Å². The Morgan fingerprint density at radius 1 is 1.09 bits per heavy atom. The van der Waals surface area contributed by atoms with Gasteiger partial charge in [0.15, 0.2) is 0 Å². The van der Waals surface area contributed by atoms with Crippen LogP contribution in [0.4, 0.5) is 11.4 Å². The fraction of sp³-hybridized carbons (Fsp3) is 0.188. The minimum Gasteiger partial charge on any atom is -0.326 e. The number of hydrogen-bond acceptors (Lipinski definition) is 3. The number of H-pyrrole nitrogens is 1. The predicted octanol–water partition coefficient (Wildman–Crippen LogP) is 1.92. The van der Waals surface area contributed by atoms with Crippen molar-refractivity contribution in [3.8, 4) is 0 Å². The number of amides is 2. The number of pyridine rings is 1. The smallest absolute Gasteiger partial charge is 0.261 e. The van der Waals surface area contributed by atoms with Crippen molar-refractivity contribution in [3.05, 3.63) is 58.0 Å². The van der Waals surface area contributed by atoms with Gasteiger partial charge in [-0.3, -0.25) is 14.4 Å². The number of benzene rings is 1. The minimum absolute atomic E-state index is 0.0514. The van der Waals surface area contributed by atoms with Gasteiger partial charge in [-0.1, -0.05) is 0 Å². The number of carbonyl (C=O) groups is 2. The lowest BCUT2D eigenvalue weighted by Crippen LogP contribution is -2.24. The molecule has 0 saturated heterocycles.